The third-order valence-electron chi connectivity index (χ3n) is 2.71. The molecular formula is C13H19NO3S. The summed E-state index contributed by atoms with van der Waals surface area (Å²) in [5.41, 5.74) is 7.74. The number of hydrogen-bond acceptors (Lipinski definition) is 5. The first-order chi connectivity index (χ1) is 8.41. The number of aliphatic hydroxyl groups excluding tert-OH is 2. The van der Waals surface area contributed by atoms with E-state index in [-0.39, 0.29) is 5.12 Å². The van der Waals surface area contributed by atoms with Gasteiger partial charge in [0.25, 0.3) is 0 Å². The van der Waals surface area contributed by atoms with Crippen LogP contribution in [0.4, 0.5) is 5.69 Å². The second kappa shape index (κ2) is 6.78. The maximum atomic E-state index is 10.8. The number of anilines is 1. The number of carbonyl (C=O) groups is 1. The number of benzene rings is 1. The van der Waals surface area contributed by atoms with E-state index in [1.807, 2.05) is 13.0 Å². The van der Waals surface area contributed by atoms with Crippen molar-refractivity contribution >= 4 is 22.6 Å². The summed E-state index contributed by atoms with van der Waals surface area (Å²) in [5.74, 6) is 0.495. The SMILES string of the molecule is CC(=O)SCCC(O)C(O)c1cc(N)ccc1C. The zero-order valence-electron chi connectivity index (χ0n) is 10.6. The van der Waals surface area contributed by atoms with Gasteiger partial charge in [0.15, 0.2) is 5.12 Å². The first-order valence-electron chi connectivity index (χ1n) is 5.77. The minimum Gasteiger partial charge on any atom is -0.399 e. The van der Waals surface area contributed by atoms with E-state index in [0.717, 1.165) is 17.3 Å². The van der Waals surface area contributed by atoms with Crippen LogP contribution in [0.3, 0.4) is 0 Å². The van der Waals surface area contributed by atoms with Crippen LogP contribution in [0.5, 0.6) is 0 Å². The molecule has 0 aliphatic rings. The molecule has 0 radical (unpaired) electrons. The van der Waals surface area contributed by atoms with Crippen LogP contribution in [0, 0.1) is 6.92 Å². The Hall–Kier alpha value is -1.04. The van der Waals surface area contributed by atoms with E-state index in [9.17, 15) is 15.0 Å². The highest BCUT2D eigenvalue weighted by Gasteiger charge is 2.20. The lowest BCUT2D eigenvalue weighted by Crippen LogP contribution is -2.20. The number of nitrogens with two attached hydrogens (primary N) is 1. The van der Waals surface area contributed by atoms with Gasteiger partial charge in [-0.15, -0.1) is 0 Å². The van der Waals surface area contributed by atoms with E-state index in [1.165, 1.54) is 6.92 Å². The van der Waals surface area contributed by atoms with Gasteiger partial charge in [-0.05, 0) is 36.6 Å². The molecule has 4 N–H and O–H groups in total. The molecule has 2 unspecified atom stereocenters. The number of carbonyl (C=O) groups excluding carboxylic acids is 1. The number of nitrogen functional groups attached to an aromatic ring is 1. The molecule has 0 saturated carbocycles. The van der Waals surface area contributed by atoms with Crippen LogP contribution < -0.4 is 5.73 Å². The molecule has 4 nitrogen and oxygen atoms in total. The topological polar surface area (TPSA) is 83.5 Å². The van der Waals surface area contributed by atoms with Crippen molar-refractivity contribution in [2.45, 2.75) is 32.5 Å². The molecule has 0 saturated heterocycles. The highest BCUT2D eigenvalue weighted by Crippen LogP contribution is 2.25. The molecule has 0 bridgehead atoms. The van der Waals surface area contributed by atoms with Crippen molar-refractivity contribution in [2.24, 2.45) is 0 Å². The lowest BCUT2D eigenvalue weighted by molar-refractivity contribution is -0.109. The minimum absolute atomic E-state index is 0.0109. The Morgan fingerprint density at radius 1 is 1.44 bits per heavy atom. The van der Waals surface area contributed by atoms with Crippen LogP contribution in [0.15, 0.2) is 18.2 Å². The average molecular weight is 269 g/mol. The molecular weight excluding hydrogens is 250 g/mol. The Kier molecular flexibility index (Phi) is 5.65. The Bertz CT molecular complexity index is 423. The van der Waals surface area contributed by atoms with E-state index in [1.54, 1.807) is 12.1 Å². The quantitative estimate of drug-likeness (QED) is 0.708. The largest absolute Gasteiger partial charge is 0.399 e. The summed E-state index contributed by atoms with van der Waals surface area (Å²) >= 11 is 1.14. The first kappa shape index (κ1) is 15.0. The zero-order chi connectivity index (χ0) is 13.7. The monoisotopic (exact) mass is 269 g/mol. The zero-order valence-corrected chi connectivity index (χ0v) is 11.4. The molecule has 5 heteroatoms. The van der Waals surface area contributed by atoms with Crippen molar-refractivity contribution in [2.75, 3.05) is 11.5 Å². The molecule has 1 rings (SSSR count). The standard InChI is InChI=1S/C13H19NO3S/c1-8-3-4-10(14)7-11(8)13(17)12(16)5-6-18-9(2)15/h3-4,7,12-13,16-17H,5-6,14H2,1-2H3. The van der Waals surface area contributed by atoms with Crippen LogP contribution in [0.25, 0.3) is 0 Å². The number of aliphatic hydroxyl groups is 2. The summed E-state index contributed by atoms with van der Waals surface area (Å²) in [5, 5.41) is 20.0. The predicted molar refractivity (Wildman–Crippen MR) is 74.3 cm³/mol. The Balaban J connectivity index is 2.64. The normalized spacial score (nSPS) is 14.2. The van der Waals surface area contributed by atoms with Gasteiger partial charge in [0.1, 0.15) is 6.10 Å². The van der Waals surface area contributed by atoms with Crippen LogP contribution in [0.2, 0.25) is 0 Å². The van der Waals surface area contributed by atoms with E-state index >= 15 is 0 Å². The van der Waals surface area contributed by atoms with Gasteiger partial charge in [0.2, 0.25) is 0 Å². The van der Waals surface area contributed by atoms with Crippen molar-refractivity contribution in [1.82, 2.24) is 0 Å². The van der Waals surface area contributed by atoms with Crippen molar-refractivity contribution in [1.29, 1.82) is 0 Å². The molecule has 100 valence electrons. The van der Waals surface area contributed by atoms with Crippen LogP contribution in [-0.2, 0) is 4.79 Å². The second-order valence-corrected chi connectivity index (χ2v) is 5.53. The van der Waals surface area contributed by atoms with E-state index in [0.29, 0.717) is 23.4 Å². The third kappa shape index (κ3) is 4.33. The van der Waals surface area contributed by atoms with Crippen molar-refractivity contribution < 1.29 is 15.0 Å². The van der Waals surface area contributed by atoms with Gasteiger partial charge in [-0.1, -0.05) is 17.8 Å². The van der Waals surface area contributed by atoms with Gasteiger partial charge in [-0.25, -0.2) is 0 Å². The molecule has 2 atom stereocenters. The highest BCUT2D eigenvalue weighted by atomic mass is 32.2. The van der Waals surface area contributed by atoms with Gasteiger partial charge in [-0.3, -0.25) is 4.79 Å². The third-order valence-corrected chi connectivity index (χ3v) is 3.55. The highest BCUT2D eigenvalue weighted by molar-refractivity contribution is 8.13. The maximum Gasteiger partial charge on any atom is 0.185 e. The molecule has 0 aliphatic heterocycles. The van der Waals surface area contributed by atoms with E-state index in [2.05, 4.69) is 0 Å². The van der Waals surface area contributed by atoms with Gasteiger partial charge in [-0.2, -0.15) is 0 Å². The van der Waals surface area contributed by atoms with E-state index < -0.39 is 12.2 Å². The van der Waals surface area contributed by atoms with Crippen molar-refractivity contribution in [3.63, 3.8) is 0 Å². The summed E-state index contributed by atoms with van der Waals surface area (Å²) < 4.78 is 0. The second-order valence-electron chi connectivity index (χ2n) is 4.26. The van der Waals surface area contributed by atoms with Crippen molar-refractivity contribution in [3.05, 3.63) is 29.3 Å². The fourth-order valence-corrected chi connectivity index (χ4v) is 2.31. The summed E-state index contributed by atoms with van der Waals surface area (Å²) in [7, 11) is 0. The molecule has 0 spiro atoms. The smallest absolute Gasteiger partial charge is 0.185 e. The number of rotatable bonds is 5. The summed E-state index contributed by atoms with van der Waals surface area (Å²) in [6.07, 6.45) is -1.50. The van der Waals surface area contributed by atoms with Crippen LogP contribution in [-0.4, -0.2) is 27.2 Å². The van der Waals surface area contributed by atoms with Crippen molar-refractivity contribution in [3.8, 4) is 0 Å². The Morgan fingerprint density at radius 2 is 2.11 bits per heavy atom. The maximum absolute atomic E-state index is 10.8. The number of thioether (sulfide) groups is 1. The molecule has 0 amide bonds. The number of aryl methyl sites for hydroxylation is 1. The Morgan fingerprint density at radius 3 is 2.72 bits per heavy atom. The summed E-state index contributed by atoms with van der Waals surface area (Å²) in [4.78, 5) is 10.8. The number of hydrogen-bond donors (Lipinski definition) is 3. The molecule has 0 aliphatic carbocycles. The Labute approximate surface area is 111 Å². The molecule has 0 fully saturated rings. The lowest BCUT2D eigenvalue weighted by atomic mass is 9.98. The average Bonchev–Trinajstić information content (AvgIpc) is 2.30. The lowest BCUT2D eigenvalue weighted by Gasteiger charge is -2.20. The van der Waals surface area contributed by atoms with Gasteiger partial charge in [0.05, 0.1) is 6.10 Å². The van der Waals surface area contributed by atoms with E-state index in [4.69, 9.17) is 5.73 Å². The fraction of sp³-hybridized carbons (Fsp3) is 0.462. The molecule has 1 aromatic carbocycles. The first-order valence-corrected chi connectivity index (χ1v) is 6.76. The fourth-order valence-electron chi connectivity index (χ4n) is 1.67. The molecule has 0 aromatic heterocycles. The van der Waals surface area contributed by atoms with Gasteiger partial charge < -0.3 is 15.9 Å². The molecule has 1 aromatic rings. The van der Waals surface area contributed by atoms with Gasteiger partial charge in [0, 0.05) is 18.4 Å². The summed E-state index contributed by atoms with van der Waals surface area (Å²) in [6.45, 7) is 3.34. The summed E-state index contributed by atoms with van der Waals surface area (Å²) in [6, 6.07) is 5.23. The molecule has 0 heterocycles. The minimum atomic E-state index is -0.971. The van der Waals surface area contributed by atoms with Crippen LogP contribution in [0.1, 0.15) is 30.6 Å². The molecule has 18 heavy (non-hydrogen) atoms. The van der Waals surface area contributed by atoms with Crippen LogP contribution >= 0.6 is 11.8 Å². The predicted octanol–water partition coefficient (Wildman–Crippen LogP) is 1.64. The van der Waals surface area contributed by atoms with Gasteiger partial charge >= 0.3 is 0 Å².